The molecule has 3 rings (SSSR count). The van der Waals surface area contributed by atoms with Gasteiger partial charge in [0, 0.05) is 35.8 Å². The normalized spacial score (nSPS) is 20.3. The third-order valence-electron chi connectivity index (χ3n) is 4.44. The number of rotatable bonds is 4. The minimum atomic E-state index is -3.63. The van der Waals surface area contributed by atoms with Crippen LogP contribution in [0.5, 0.6) is 5.75 Å². The summed E-state index contributed by atoms with van der Waals surface area (Å²) >= 11 is 6.09. The quantitative estimate of drug-likeness (QED) is 0.823. The highest BCUT2D eigenvalue weighted by Gasteiger charge is 2.35. The number of benzene rings is 1. The average molecular weight is 394 g/mol. The summed E-state index contributed by atoms with van der Waals surface area (Å²) in [6.45, 7) is 2.37. The second-order valence-corrected chi connectivity index (χ2v) is 8.33. The molecule has 2 aliphatic heterocycles. The Morgan fingerprint density at radius 2 is 2.04 bits per heavy atom. The summed E-state index contributed by atoms with van der Waals surface area (Å²) in [5, 5.41) is 11.7. The summed E-state index contributed by atoms with van der Waals surface area (Å²) < 4.78 is 32.5. The van der Waals surface area contributed by atoms with Crippen molar-refractivity contribution in [3.63, 3.8) is 0 Å². The zero-order valence-corrected chi connectivity index (χ0v) is 16.1. The van der Waals surface area contributed by atoms with Crippen LogP contribution in [0.3, 0.4) is 0 Å². The molecular formula is C18H20ClN3O3S. The number of ether oxygens (including phenoxy) is 1. The Balaban J connectivity index is 1.90. The van der Waals surface area contributed by atoms with Gasteiger partial charge in [0.25, 0.3) is 0 Å². The molecule has 0 radical (unpaired) electrons. The maximum absolute atomic E-state index is 13.0. The molecule has 26 heavy (non-hydrogen) atoms. The fourth-order valence-corrected chi connectivity index (χ4v) is 4.49. The molecule has 0 aromatic heterocycles. The Bertz CT molecular complexity index is 931. The monoisotopic (exact) mass is 393 g/mol. The molecule has 138 valence electrons. The number of sulfonamides is 1. The second-order valence-electron chi connectivity index (χ2n) is 5.95. The first-order valence-corrected chi connectivity index (χ1v) is 9.94. The zero-order chi connectivity index (χ0) is 18.9. The van der Waals surface area contributed by atoms with Crippen LogP contribution in [-0.2, 0) is 10.0 Å². The molecule has 0 saturated heterocycles. The third-order valence-corrected chi connectivity index (χ3v) is 6.62. The van der Waals surface area contributed by atoms with E-state index in [0.29, 0.717) is 29.3 Å². The summed E-state index contributed by atoms with van der Waals surface area (Å²) in [4.78, 5) is 0.223. The molecule has 1 aromatic rings. The molecule has 0 unspecified atom stereocenters. The Hall–Kier alpha value is -2.09. The van der Waals surface area contributed by atoms with E-state index in [1.165, 1.54) is 11.4 Å². The number of methoxy groups -OCH3 is 1. The number of amidine groups is 1. The molecule has 6 nitrogen and oxygen atoms in total. The highest BCUT2D eigenvalue weighted by molar-refractivity contribution is 7.89. The molecule has 0 amide bonds. The minimum Gasteiger partial charge on any atom is -0.497 e. The van der Waals surface area contributed by atoms with E-state index >= 15 is 0 Å². The molecule has 1 aromatic carbocycles. The summed E-state index contributed by atoms with van der Waals surface area (Å²) in [5.41, 5.74) is 2.33. The lowest BCUT2D eigenvalue weighted by molar-refractivity contribution is 0.413. The van der Waals surface area contributed by atoms with Crippen LogP contribution in [0.4, 0.5) is 0 Å². The maximum atomic E-state index is 13.0. The lowest BCUT2D eigenvalue weighted by atomic mass is 10.0. The smallest absolute Gasteiger partial charge is 0.243 e. The van der Waals surface area contributed by atoms with Crippen molar-refractivity contribution in [3.05, 3.63) is 58.3 Å². The van der Waals surface area contributed by atoms with Gasteiger partial charge in [-0.25, -0.2) is 8.42 Å². The maximum Gasteiger partial charge on any atom is 0.243 e. The van der Waals surface area contributed by atoms with Gasteiger partial charge in [0.1, 0.15) is 11.6 Å². The van der Waals surface area contributed by atoms with Crippen molar-refractivity contribution in [2.75, 3.05) is 20.2 Å². The van der Waals surface area contributed by atoms with Gasteiger partial charge in [-0.05, 0) is 42.8 Å². The molecule has 2 aliphatic rings. The molecule has 8 heteroatoms. The highest BCUT2D eigenvalue weighted by atomic mass is 35.5. The Labute approximate surface area is 158 Å². The first-order chi connectivity index (χ1) is 12.4. The van der Waals surface area contributed by atoms with Gasteiger partial charge in [0.15, 0.2) is 0 Å². The van der Waals surface area contributed by atoms with Crippen molar-refractivity contribution in [1.82, 2.24) is 9.62 Å². The van der Waals surface area contributed by atoms with E-state index < -0.39 is 10.0 Å². The van der Waals surface area contributed by atoms with E-state index in [9.17, 15) is 8.42 Å². The van der Waals surface area contributed by atoms with E-state index in [1.54, 1.807) is 36.4 Å². The molecular weight excluding hydrogens is 374 g/mol. The summed E-state index contributed by atoms with van der Waals surface area (Å²) in [6.07, 6.45) is 3.95. The van der Waals surface area contributed by atoms with Crippen molar-refractivity contribution in [1.29, 1.82) is 5.41 Å². The Morgan fingerprint density at radius 3 is 2.65 bits per heavy atom. The predicted octanol–water partition coefficient (Wildman–Crippen LogP) is 2.99. The van der Waals surface area contributed by atoms with Gasteiger partial charge in [-0.3, -0.25) is 5.41 Å². The molecule has 0 aliphatic carbocycles. The molecule has 0 spiro atoms. The highest BCUT2D eigenvalue weighted by Crippen LogP contribution is 2.32. The second kappa shape index (κ2) is 7.26. The number of nitrogens with zero attached hydrogens (tertiary/aromatic N) is 1. The molecule has 0 bridgehead atoms. The van der Waals surface area contributed by atoms with Crippen LogP contribution < -0.4 is 10.1 Å². The topological polar surface area (TPSA) is 82.5 Å². The van der Waals surface area contributed by atoms with Crippen molar-refractivity contribution >= 4 is 27.5 Å². The van der Waals surface area contributed by atoms with Gasteiger partial charge in [-0.2, -0.15) is 4.31 Å². The van der Waals surface area contributed by atoms with Crippen LogP contribution in [0.1, 0.15) is 13.3 Å². The number of halogens is 1. The van der Waals surface area contributed by atoms with Crippen molar-refractivity contribution in [2.45, 2.75) is 18.2 Å². The lowest BCUT2D eigenvalue weighted by Gasteiger charge is -2.27. The number of nitrogens with one attached hydrogen (secondary N) is 2. The first-order valence-electron chi connectivity index (χ1n) is 8.13. The van der Waals surface area contributed by atoms with Crippen LogP contribution in [-0.4, -0.2) is 38.8 Å². The van der Waals surface area contributed by atoms with Gasteiger partial charge in [-0.1, -0.05) is 17.7 Å². The molecule has 0 atom stereocenters. The number of allylic oxidation sites excluding steroid dienone is 3. The zero-order valence-electron chi connectivity index (χ0n) is 14.5. The third kappa shape index (κ3) is 3.42. The summed E-state index contributed by atoms with van der Waals surface area (Å²) in [6, 6.07) is 6.35. The molecule has 2 heterocycles. The minimum absolute atomic E-state index is 0.207. The van der Waals surface area contributed by atoms with Crippen LogP contribution in [0.25, 0.3) is 0 Å². The van der Waals surface area contributed by atoms with Gasteiger partial charge in [-0.15, -0.1) is 0 Å². The van der Waals surface area contributed by atoms with Gasteiger partial charge in [0.2, 0.25) is 10.0 Å². The van der Waals surface area contributed by atoms with Gasteiger partial charge in [0.05, 0.1) is 12.0 Å². The largest absolute Gasteiger partial charge is 0.497 e. The van der Waals surface area contributed by atoms with Crippen LogP contribution >= 0.6 is 11.6 Å². The molecule has 0 fully saturated rings. The fourth-order valence-electron chi connectivity index (χ4n) is 2.98. The van der Waals surface area contributed by atoms with E-state index in [0.717, 1.165) is 11.3 Å². The lowest BCUT2D eigenvalue weighted by Crippen LogP contribution is -2.37. The van der Waals surface area contributed by atoms with Crippen molar-refractivity contribution in [2.24, 2.45) is 0 Å². The molecule has 2 N–H and O–H groups in total. The predicted molar refractivity (Wildman–Crippen MR) is 102 cm³/mol. The van der Waals surface area contributed by atoms with E-state index in [-0.39, 0.29) is 17.3 Å². The SMILES string of the molecule is C/C=C(Cl)\C=C1/C(=N)NC2=C1CN(S(=O)(=O)c1ccc(OC)cc1)CC2. The van der Waals surface area contributed by atoms with Crippen LogP contribution in [0, 0.1) is 5.41 Å². The molecule has 0 saturated carbocycles. The van der Waals surface area contributed by atoms with E-state index in [1.807, 2.05) is 6.92 Å². The summed E-state index contributed by atoms with van der Waals surface area (Å²) in [7, 11) is -2.09. The van der Waals surface area contributed by atoms with Crippen molar-refractivity contribution in [3.8, 4) is 5.75 Å². The Kier molecular flexibility index (Phi) is 5.22. The Morgan fingerprint density at radius 1 is 1.35 bits per heavy atom. The van der Waals surface area contributed by atoms with E-state index in [2.05, 4.69) is 5.32 Å². The van der Waals surface area contributed by atoms with Crippen LogP contribution in [0.2, 0.25) is 0 Å². The standard InChI is InChI=1S/C18H20ClN3O3S/c1-3-12(19)10-15-16-11-22(9-8-17(16)21-18(15)20)26(23,24)14-6-4-13(25-2)5-7-14/h3-7,10H,8-9,11H2,1-2H3,(H2,20,21)/b12-3+,15-10-. The first kappa shape index (κ1) is 18.7. The average Bonchev–Trinajstić information content (AvgIpc) is 2.96. The number of hydrogen-bond acceptors (Lipinski definition) is 4. The summed E-state index contributed by atoms with van der Waals surface area (Å²) in [5.74, 6) is 0.853. The van der Waals surface area contributed by atoms with Crippen LogP contribution in [0.15, 0.2) is 63.2 Å². The van der Waals surface area contributed by atoms with Gasteiger partial charge >= 0.3 is 0 Å². The fraction of sp³-hybridized carbons (Fsp3) is 0.278. The van der Waals surface area contributed by atoms with Crippen molar-refractivity contribution < 1.29 is 13.2 Å². The van der Waals surface area contributed by atoms with E-state index in [4.69, 9.17) is 21.7 Å². The van der Waals surface area contributed by atoms with Gasteiger partial charge < -0.3 is 10.1 Å². The number of hydrogen-bond donors (Lipinski definition) is 2.